The van der Waals surface area contributed by atoms with Gasteiger partial charge in [0, 0.05) is 17.4 Å². The zero-order valence-electron chi connectivity index (χ0n) is 16.5. The molecule has 0 bridgehead atoms. The van der Waals surface area contributed by atoms with Crippen LogP contribution in [-0.4, -0.2) is 19.5 Å². The number of allylic oxidation sites excluding steroid dienone is 3. The summed E-state index contributed by atoms with van der Waals surface area (Å²) in [6, 6.07) is 0. The summed E-state index contributed by atoms with van der Waals surface area (Å²) in [5.74, 6) is 3.81. The van der Waals surface area contributed by atoms with Gasteiger partial charge < -0.3 is 9.47 Å². The fraction of sp³-hybridized carbons (Fsp3) is 0.826. The van der Waals surface area contributed by atoms with Gasteiger partial charge in [0.15, 0.2) is 6.29 Å². The second-order valence-electron chi connectivity index (χ2n) is 8.72. The molecule has 0 radical (unpaired) electrons. The predicted molar refractivity (Wildman–Crippen MR) is 109 cm³/mol. The zero-order valence-corrected chi connectivity index (χ0v) is 17.2. The van der Waals surface area contributed by atoms with E-state index in [4.69, 9.17) is 21.1 Å². The Hall–Kier alpha value is -0.310. The van der Waals surface area contributed by atoms with E-state index in [9.17, 15) is 0 Å². The van der Waals surface area contributed by atoms with Crippen LogP contribution in [0.15, 0.2) is 23.8 Å². The van der Waals surface area contributed by atoms with Crippen molar-refractivity contribution in [3.8, 4) is 0 Å². The summed E-state index contributed by atoms with van der Waals surface area (Å²) in [7, 11) is 0. The SMILES string of the molecule is C/C=C/CCC1COC(C2CCC(C3CCC(/C=C/Cl)CC3)CC2)OC1. The molecule has 1 aliphatic heterocycles. The van der Waals surface area contributed by atoms with Gasteiger partial charge >= 0.3 is 0 Å². The van der Waals surface area contributed by atoms with Gasteiger partial charge in [-0.05, 0) is 88.9 Å². The normalized spacial score (nSPS) is 39.6. The Balaban J connectivity index is 1.34. The monoisotopic (exact) mass is 380 g/mol. The molecule has 0 aromatic carbocycles. The molecule has 26 heavy (non-hydrogen) atoms. The fourth-order valence-corrected chi connectivity index (χ4v) is 5.50. The van der Waals surface area contributed by atoms with Gasteiger partial charge in [-0.25, -0.2) is 0 Å². The van der Waals surface area contributed by atoms with Gasteiger partial charge in [-0.3, -0.25) is 0 Å². The van der Waals surface area contributed by atoms with Gasteiger partial charge in [0.25, 0.3) is 0 Å². The van der Waals surface area contributed by atoms with Crippen molar-refractivity contribution < 1.29 is 9.47 Å². The van der Waals surface area contributed by atoms with Crippen molar-refractivity contribution in [3.05, 3.63) is 23.8 Å². The summed E-state index contributed by atoms with van der Waals surface area (Å²) in [6.45, 7) is 3.86. The van der Waals surface area contributed by atoms with E-state index in [-0.39, 0.29) is 6.29 Å². The van der Waals surface area contributed by atoms with E-state index in [0.29, 0.717) is 11.8 Å². The van der Waals surface area contributed by atoms with Crippen LogP contribution in [0.1, 0.15) is 71.1 Å². The van der Waals surface area contributed by atoms with E-state index >= 15 is 0 Å². The van der Waals surface area contributed by atoms with Gasteiger partial charge in [-0.2, -0.15) is 0 Å². The lowest BCUT2D eigenvalue weighted by atomic mass is 9.69. The molecule has 2 nitrogen and oxygen atoms in total. The topological polar surface area (TPSA) is 18.5 Å². The van der Waals surface area contributed by atoms with Crippen LogP contribution in [-0.2, 0) is 9.47 Å². The molecular formula is C23H37ClO2. The zero-order chi connectivity index (χ0) is 18.2. The molecular weight excluding hydrogens is 344 g/mol. The first kappa shape index (κ1) is 20.4. The Morgan fingerprint density at radius 3 is 2.00 bits per heavy atom. The minimum atomic E-state index is 0.0681. The lowest BCUT2D eigenvalue weighted by Gasteiger charge is -2.40. The maximum absolute atomic E-state index is 6.12. The first-order chi connectivity index (χ1) is 12.8. The van der Waals surface area contributed by atoms with Crippen molar-refractivity contribution in [1.82, 2.24) is 0 Å². The minimum absolute atomic E-state index is 0.0681. The maximum Gasteiger partial charge on any atom is 0.160 e. The molecule has 3 rings (SSSR count). The molecule has 0 atom stereocenters. The molecule has 3 fully saturated rings. The molecule has 0 N–H and O–H groups in total. The van der Waals surface area contributed by atoms with Crippen molar-refractivity contribution in [2.75, 3.05) is 13.2 Å². The van der Waals surface area contributed by atoms with E-state index in [0.717, 1.165) is 37.4 Å². The highest BCUT2D eigenvalue weighted by atomic mass is 35.5. The number of halogens is 1. The minimum Gasteiger partial charge on any atom is -0.352 e. The van der Waals surface area contributed by atoms with Crippen LogP contribution in [0.25, 0.3) is 0 Å². The number of hydrogen-bond acceptors (Lipinski definition) is 2. The van der Waals surface area contributed by atoms with Gasteiger partial charge in [-0.15, -0.1) is 0 Å². The first-order valence-electron chi connectivity index (χ1n) is 10.9. The molecule has 0 aromatic rings. The van der Waals surface area contributed by atoms with E-state index in [1.165, 1.54) is 57.8 Å². The summed E-state index contributed by atoms with van der Waals surface area (Å²) < 4.78 is 12.2. The Morgan fingerprint density at radius 1 is 0.846 bits per heavy atom. The average Bonchev–Trinajstić information content (AvgIpc) is 2.70. The van der Waals surface area contributed by atoms with Crippen molar-refractivity contribution in [2.24, 2.45) is 29.6 Å². The highest BCUT2D eigenvalue weighted by Gasteiger charge is 2.35. The summed E-state index contributed by atoms with van der Waals surface area (Å²) >= 11 is 5.74. The number of hydrogen-bond donors (Lipinski definition) is 0. The van der Waals surface area contributed by atoms with E-state index < -0.39 is 0 Å². The van der Waals surface area contributed by atoms with Crippen molar-refractivity contribution in [2.45, 2.75) is 77.4 Å². The molecule has 0 unspecified atom stereocenters. The third kappa shape index (κ3) is 5.84. The first-order valence-corrected chi connectivity index (χ1v) is 11.3. The molecule has 1 saturated heterocycles. The summed E-state index contributed by atoms with van der Waals surface area (Å²) in [6.07, 6.45) is 19.7. The smallest absolute Gasteiger partial charge is 0.160 e. The summed E-state index contributed by atoms with van der Waals surface area (Å²) in [5, 5.41) is 0. The number of rotatable bonds is 6. The standard InChI is InChI=1S/C23H37ClO2/c1-2-3-4-5-19-16-25-23(26-17-19)22-12-10-21(11-13-22)20-8-6-18(7-9-20)14-15-24/h2-3,14-15,18-23H,4-13,16-17H2,1H3/b3-2+,15-14+. The van der Waals surface area contributed by atoms with Crippen LogP contribution >= 0.6 is 11.6 Å². The molecule has 3 heteroatoms. The molecule has 2 aliphatic carbocycles. The van der Waals surface area contributed by atoms with Crippen molar-refractivity contribution in [1.29, 1.82) is 0 Å². The van der Waals surface area contributed by atoms with Gasteiger partial charge in [-0.1, -0.05) is 29.8 Å². The van der Waals surface area contributed by atoms with Crippen LogP contribution in [0.5, 0.6) is 0 Å². The van der Waals surface area contributed by atoms with E-state index in [2.05, 4.69) is 25.2 Å². The van der Waals surface area contributed by atoms with E-state index in [1.807, 2.05) is 0 Å². The van der Waals surface area contributed by atoms with Gasteiger partial charge in [0.05, 0.1) is 13.2 Å². The van der Waals surface area contributed by atoms with Crippen LogP contribution in [0.3, 0.4) is 0 Å². The Labute approximate surface area is 165 Å². The summed E-state index contributed by atoms with van der Waals surface area (Å²) in [5.41, 5.74) is 1.71. The third-order valence-corrected chi connectivity index (χ3v) is 7.14. The molecule has 148 valence electrons. The molecule has 3 aliphatic rings. The lowest BCUT2D eigenvalue weighted by Crippen LogP contribution is -2.39. The highest BCUT2D eigenvalue weighted by molar-refractivity contribution is 6.25. The van der Waals surface area contributed by atoms with Crippen LogP contribution in [0.4, 0.5) is 0 Å². The average molecular weight is 381 g/mol. The van der Waals surface area contributed by atoms with Crippen molar-refractivity contribution in [3.63, 3.8) is 0 Å². The van der Waals surface area contributed by atoms with Crippen LogP contribution in [0, 0.1) is 29.6 Å². The quantitative estimate of drug-likeness (QED) is 0.477. The molecule has 0 spiro atoms. The second-order valence-corrected chi connectivity index (χ2v) is 8.97. The highest BCUT2D eigenvalue weighted by Crippen LogP contribution is 2.43. The molecule has 0 amide bonds. The fourth-order valence-electron chi connectivity index (χ4n) is 5.30. The Morgan fingerprint density at radius 2 is 1.42 bits per heavy atom. The molecule has 2 saturated carbocycles. The Kier molecular flexibility index (Phi) is 8.55. The van der Waals surface area contributed by atoms with Crippen LogP contribution in [0.2, 0.25) is 0 Å². The Bertz CT molecular complexity index is 437. The largest absolute Gasteiger partial charge is 0.352 e. The van der Waals surface area contributed by atoms with E-state index in [1.54, 1.807) is 5.54 Å². The lowest BCUT2D eigenvalue weighted by molar-refractivity contribution is -0.230. The van der Waals surface area contributed by atoms with Crippen LogP contribution < -0.4 is 0 Å². The van der Waals surface area contributed by atoms with Gasteiger partial charge in [0.2, 0.25) is 0 Å². The third-order valence-electron chi connectivity index (χ3n) is 7.00. The molecule has 0 aromatic heterocycles. The summed E-state index contributed by atoms with van der Waals surface area (Å²) in [4.78, 5) is 0. The predicted octanol–water partition coefficient (Wildman–Crippen LogP) is 6.70. The molecule has 1 heterocycles. The maximum atomic E-state index is 6.12. The second kappa shape index (κ2) is 10.9. The van der Waals surface area contributed by atoms with Crippen molar-refractivity contribution >= 4 is 11.6 Å². The number of ether oxygens (including phenoxy) is 2. The van der Waals surface area contributed by atoms with Gasteiger partial charge in [0.1, 0.15) is 0 Å².